The Morgan fingerprint density at radius 3 is 2.73 bits per heavy atom. The van der Waals surface area contributed by atoms with Gasteiger partial charge in [0.1, 0.15) is 0 Å². The van der Waals surface area contributed by atoms with Crippen LogP contribution in [0.4, 0.5) is 5.69 Å². The van der Waals surface area contributed by atoms with E-state index in [0.29, 0.717) is 0 Å². The first kappa shape index (κ1) is 8.08. The summed E-state index contributed by atoms with van der Waals surface area (Å²) in [6, 6.07) is 8.23. The van der Waals surface area contributed by atoms with Crippen molar-refractivity contribution in [3.05, 3.63) is 29.8 Å². The summed E-state index contributed by atoms with van der Waals surface area (Å²) in [6.07, 6.45) is 1.06. The van der Waals surface area contributed by atoms with Gasteiger partial charge in [-0.2, -0.15) is 0 Å². The third-order valence-electron chi connectivity index (χ3n) is 1.73. The Bertz CT molecular complexity index is 231. The molecule has 0 aliphatic rings. The molecular weight excluding hydrogens is 136 g/mol. The number of anilines is 1. The monoisotopic (exact) mass is 150 g/mol. The maximum atomic E-state index is 5.57. The van der Waals surface area contributed by atoms with E-state index in [1.807, 2.05) is 19.2 Å². The zero-order chi connectivity index (χ0) is 8.27. The third-order valence-corrected chi connectivity index (χ3v) is 1.73. The molecule has 0 saturated heterocycles. The van der Waals surface area contributed by atoms with Crippen LogP contribution in [-0.2, 0) is 6.42 Å². The number of hydrogen-bond acceptors (Lipinski definition) is 2. The molecule has 0 unspecified atom stereocenters. The van der Waals surface area contributed by atoms with Crippen LogP contribution in [0.15, 0.2) is 24.3 Å². The van der Waals surface area contributed by atoms with E-state index in [1.54, 1.807) is 5.01 Å². The number of hydrogen-bond donors (Lipinski definition) is 1. The summed E-state index contributed by atoms with van der Waals surface area (Å²) in [5.74, 6) is 5.57. The molecule has 1 aromatic rings. The van der Waals surface area contributed by atoms with E-state index in [0.717, 1.165) is 12.1 Å². The lowest BCUT2D eigenvalue weighted by Gasteiger charge is -2.12. The summed E-state index contributed by atoms with van der Waals surface area (Å²) in [7, 11) is 1.84. The van der Waals surface area contributed by atoms with Gasteiger partial charge in [0, 0.05) is 7.05 Å². The Morgan fingerprint density at radius 1 is 1.45 bits per heavy atom. The van der Waals surface area contributed by atoms with Gasteiger partial charge in [0.05, 0.1) is 5.69 Å². The molecule has 0 saturated carbocycles. The van der Waals surface area contributed by atoms with Gasteiger partial charge in [-0.3, -0.25) is 0 Å². The van der Waals surface area contributed by atoms with Crippen LogP contribution < -0.4 is 10.9 Å². The van der Waals surface area contributed by atoms with E-state index >= 15 is 0 Å². The fourth-order valence-corrected chi connectivity index (χ4v) is 0.996. The second kappa shape index (κ2) is 3.39. The first-order valence-electron chi connectivity index (χ1n) is 3.81. The molecule has 0 bridgehead atoms. The first-order chi connectivity index (χ1) is 5.24. The first-order valence-corrected chi connectivity index (χ1v) is 3.81. The molecule has 60 valence electrons. The van der Waals surface area contributed by atoms with Crippen LogP contribution in [0.3, 0.4) is 0 Å². The van der Waals surface area contributed by atoms with Crippen molar-refractivity contribution in [1.82, 2.24) is 0 Å². The van der Waals surface area contributed by atoms with E-state index in [4.69, 9.17) is 5.84 Å². The van der Waals surface area contributed by atoms with Crippen LogP contribution in [-0.4, -0.2) is 7.05 Å². The largest absolute Gasteiger partial charge is 0.314 e. The summed E-state index contributed by atoms with van der Waals surface area (Å²) < 4.78 is 0. The summed E-state index contributed by atoms with van der Waals surface area (Å²) in [5.41, 5.74) is 2.38. The van der Waals surface area contributed by atoms with Crippen LogP contribution in [0, 0.1) is 0 Å². The number of nitrogens with zero attached hydrogens (tertiary/aromatic N) is 1. The molecule has 2 heteroatoms. The minimum Gasteiger partial charge on any atom is -0.314 e. The van der Waals surface area contributed by atoms with Crippen molar-refractivity contribution in [1.29, 1.82) is 0 Å². The SMILES string of the molecule is CCc1cccc(N(C)N)c1. The van der Waals surface area contributed by atoms with E-state index in [1.165, 1.54) is 5.56 Å². The van der Waals surface area contributed by atoms with Gasteiger partial charge in [0.15, 0.2) is 0 Å². The number of rotatable bonds is 2. The van der Waals surface area contributed by atoms with Crippen molar-refractivity contribution >= 4 is 5.69 Å². The topological polar surface area (TPSA) is 29.3 Å². The van der Waals surface area contributed by atoms with Crippen LogP contribution in [0.5, 0.6) is 0 Å². The highest BCUT2D eigenvalue weighted by Crippen LogP contribution is 2.12. The Morgan fingerprint density at radius 2 is 2.18 bits per heavy atom. The van der Waals surface area contributed by atoms with E-state index in [2.05, 4.69) is 19.1 Å². The van der Waals surface area contributed by atoms with Crippen LogP contribution in [0.2, 0.25) is 0 Å². The predicted octanol–water partition coefficient (Wildman–Crippen LogP) is 1.56. The summed E-state index contributed by atoms with van der Waals surface area (Å²) in [6.45, 7) is 2.13. The Balaban J connectivity index is 2.91. The standard InChI is InChI=1S/C9H14N2/c1-3-8-5-4-6-9(7-8)11(2)10/h4-7H,3,10H2,1-2H3. The summed E-state index contributed by atoms with van der Waals surface area (Å²) in [5, 5.41) is 1.62. The van der Waals surface area contributed by atoms with Gasteiger partial charge in [-0.1, -0.05) is 19.1 Å². The lowest BCUT2D eigenvalue weighted by Crippen LogP contribution is -2.24. The summed E-state index contributed by atoms with van der Waals surface area (Å²) in [4.78, 5) is 0. The van der Waals surface area contributed by atoms with Gasteiger partial charge in [0.2, 0.25) is 0 Å². The smallest absolute Gasteiger partial charge is 0.0516 e. The molecule has 0 heterocycles. The minimum atomic E-state index is 1.06. The number of nitrogens with two attached hydrogens (primary N) is 1. The molecule has 0 spiro atoms. The summed E-state index contributed by atoms with van der Waals surface area (Å²) >= 11 is 0. The van der Waals surface area contributed by atoms with Gasteiger partial charge in [-0.05, 0) is 24.1 Å². The van der Waals surface area contributed by atoms with Crippen LogP contribution in [0.25, 0.3) is 0 Å². The van der Waals surface area contributed by atoms with E-state index in [-0.39, 0.29) is 0 Å². The van der Waals surface area contributed by atoms with Crippen LogP contribution in [0.1, 0.15) is 12.5 Å². The van der Waals surface area contributed by atoms with Crippen molar-refractivity contribution in [2.75, 3.05) is 12.1 Å². The third kappa shape index (κ3) is 1.95. The molecule has 0 atom stereocenters. The molecule has 2 nitrogen and oxygen atoms in total. The maximum absolute atomic E-state index is 5.57. The highest BCUT2D eigenvalue weighted by Gasteiger charge is 1.94. The van der Waals surface area contributed by atoms with Crippen LogP contribution >= 0.6 is 0 Å². The minimum absolute atomic E-state index is 1.06. The second-order valence-electron chi connectivity index (χ2n) is 2.63. The highest BCUT2D eigenvalue weighted by atomic mass is 15.4. The molecule has 0 aromatic heterocycles. The Labute approximate surface area is 67.6 Å². The number of hydrazine groups is 1. The molecule has 0 aliphatic carbocycles. The fraction of sp³-hybridized carbons (Fsp3) is 0.333. The van der Waals surface area contributed by atoms with Gasteiger partial charge < -0.3 is 5.01 Å². The lowest BCUT2D eigenvalue weighted by atomic mass is 10.1. The predicted molar refractivity (Wildman–Crippen MR) is 48.4 cm³/mol. The van der Waals surface area contributed by atoms with Gasteiger partial charge in [-0.15, -0.1) is 0 Å². The zero-order valence-electron chi connectivity index (χ0n) is 7.04. The van der Waals surface area contributed by atoms with Gasteiger partial charge >= 0.3 is 0 Å². The van der Waals surface area contributed by atoms with Crippen molar-refractivity contribution in [2.45, 2.75) is 13.3 Å². The molecule has 0 fully saturated rings. The normalized spacial score (nSPS) is 9.73. The van der Waals surface area contributed by atoms with Crippen molar-refractivity contribution in [2.24, 2.45) is 5.84 Å². The molecule has 0 radical (unpaired) electrons. The molecular formula is C9H14N2. The van der Waals surface area contributed by atoms with Crippen molar-refractivity contribution < 1.29 is 0 Å². The van der Waals surface area contributed by atoms with E-state index in [9.17, 15) is 0 Å². The molecule has 1 aromatic carbocycles. The Hall–Kier alpha value is -1.02. The Kier molecular flexibility index (Phi) is 2.49. The molecule has 1 rings (SSSR count). The molecule has 0 aliphatic heterocycles. The highest BCUT2D eigenvalue weighted by molar-refractivity contribution is 5.46. The molecule has 11 heavy (non-hydrogen) atoms. The van der Waals surface area contributed by atoms with Gasteiger partial charge in [0.25, 0.3) is 0 Å². The fourth-order valence-electron chi connectivity index (χ4n) is 0.996. The second-order valence-corrected chi connectivity index (χ2v) is 2.63. The van der Waals surface area contributed by atoms with E-state index < -0.39 is 0 Å². The lowest BCUT2D eigenvalue weighted by molar-refractivity contribution is 1.01. The molecule has 2 N–H and O–H groups in total. The average molecular weight is 150 g/mol. The van der Waals surface area contributed by atoms with Crippen molar-refractivity contribution in [3.8, 4) is 0 Å². The number of benzene rings is 1. The zero-order valence-corrected chi connectivity index (χ0v) is 7.04. The number of aryl methyl sites for hydroxylation is 1. The van der Waals surface area contributed by atoms with Gasteiger partial charge in [-0.25, -0.2) is 5.84 Å². The van der Waals surface area contributed by atoms with Crippen molar-refractivity contribution in [3.63, 3.8) is 0 Å². The molecule has 0 amide bonds. The maximum Gasteiger partial charge on any atom is 0.0516 e. The average Bonchev–Trinajstić information content (AvgIpc) is 2.05. The quantitative estimate of drug-likeness (QED) is 0.512.